The van der Waals surface area contributed by atoms with Crippen LogP contribution in [-0.2, 0) is 4.79 Å². The first-order valence-electron chi connectivity index (χ1n) is 4.50. The van der Waals surface area contributed by atoms with Crippen molar-refractivity contribution in [2.45, 2.75) is 12.8 Å². The Labute approximate surface area is 87.6 Å². The van der Waals surface area contributed by atoms with E-state index in [0.717, 1.165) is 17.8 Å². The maximum absolute atomic E-state index is 11.0. The van der Waals surface area contributed by atoms with Crippen molar-refractivity contribution in [2.24, 2.45) is 0 Å². The number of ketones is 1. The summed E-state index contributed by atoms with van der Waals surface area (Å²) in [4.78, 5) is 11.0. The number of anilines is 1. The summed E-state index contributed by atoms with van der Waals surface area (Å²) in [6.07, 6.45) is 3.03. The molecule has 0 unspecified atom stereocenters. The fraction of sp³-hybridized carbons (Fsp3) is 0.182. The molecule has 0 aromatic heterocycles. The molecule has 1 aliphatic rings. The first kappa shape index (κ1) is 9.28. The molecule has 0 bridgehead atoms. The Morgan fingerprint density at radius 1 is 1.21 bits per heavy atom. The second kappa shape index (κ2) is 3.84. The normalized spacial score (nSPS) is 15.5. The van der Waals surface area contributed by atoms with Crippen molar-refractivity contribution in [3.05, 3.63) is 41.1 Å². The predicted molar refractivity (Wildman–Crippen MR) is 57.4 cm³/mol. The van der Waals surface area contributed by atoms with Crippen LogP contribution in [0.15, 0.2) is 36.0 Å². The molecule has 0 saturated carbocycles. The summed E-state index contributed by atoms with van der Waals surface area (Å²) >= 11 is 5.96. The third-order valence-electron chi connectivity index (χ3n) is 2.15. The van der Waals surface area contributed by atoms with Crippen molar-refractivity contribution in [3.8, 4) is 0 Å². The van der Waals surface area contributed by atoms with E-state index in [1.807, 2.05) is 24.3 Å². The van der Waals surface area contributed by atoms with E-state index < -0.39 is 0 Å². The van der Waals surface area contributed by atoms with E-state index in [1.165, 1.54) is 0 Å². The summed E-state index contributed by atoms with van der Waals surface area (Å²) in [5, 5.41) is 3.82. The molecule has 0 radical (unpaired) electrons. The van der Waals surface area contributed by atoms with E-state index in [0.29, 0.717) is 11.4 Å². The Balaban J connectivity index is 2.15. The van der Waals surface area contributed by atoms with E-state index in [2.05, 4.69) is 5.32 Å². The van der Waals surface area contributed by atoms with Gasteiger partial charge in [0.25, 0.3) is 0 Å². The first-order valence-corrected chi connectivity index (χ1v) is 4.88. The Morgan fingerprint density at radius 2 is 2.00 bits per heavy atom. The molecule has 72 valence electrons. The molecule has 1 N–H and O–H groups in total. The van der Waals surface area contributed by atoms with E-state index in [-0.39, 0.29) is 5.78 Å². The summed E-state index contributed by atoms with van der Waals surface area (Å²) in [6, 6.07) is 7.50. The topological polar surface area (TPSA) is 29.1 Å². The van der Waals surface area contributed by atoms with Crippen LogP contribution in [0.2, 0.25) is 5.02 Å². The largest absolute Gasteiger partial charge is 0.358 e. The van der Waals surface area contributed by atoms with E-state index >= 15 is 0 Å². The van der Waals surface area contributed by atoms with Gasteiger partial charge in [-0.15, -0.1) is 0 Å². The monoisotopic (exact) mass is 207 g/mol. The van der Waals surface area contributed by atoms with E-state index in [9.17, 15) is 4.79 Å². The summed E-state index contributed by atoms with van der Waals surface area (Å²) in [7, 11) is 0. The van der Waals surface area contributed by atoms with Gasteiger partial charge in [-0.05, 0) is 18.6 Å². The third-order valence-corrected chi connectivity index (χ3v) is 2.47. The number of nitrogens with one attached hydrogen (secondary N) is 1. The lowest BCUT2D eigenvalue weighted by atomic mass is 10.3. The molecule has 14 heavy (non-hydrogen) atoms. The van der Waals surface area contributed by atoms with Gasteiger partial charge in [0.1, 0.15) is 0 Å². The van der Waals surface area contributed by atoms with Crippen LogP contribution in [0.3, 0.4) is 0 Å². The van der Waals surface area contributed by atoms with Crippen LogP contribution in [0, 0.1) is 0 Å². The van der Waals surface area contributed by atoms with Gasteiger partial charge in [0, 0.05) is 18.2 Å². The molecule has 1 aliphatic carbocycles. The van der Waals surface area contributed by atoms with Gasteiger partial charge in [-0.3, -0.25) is 4.79 Å². The molecule has 2 rings (SSSR count). The number of benzene rings is 1. The van der Waals surface area contributed by atoms with Crippen LogP contribution in [0.4, 0.5) is 5.69 Å². The average molecular weight is 208 g/mol. The number of para-hydroxylation sites is 1. The van der Waals surface area contributed by atoms with Crippen molar-refractivity contribution in [1.29, 1.82) is 0 Å². The van der Waals surface area contributed by atoms with Gasteiger partial charge < -0.3 is 5.32 Å². The highest BCUT2D eigenvalue weighted by Gasteiger charge is 2.12. The van der Waals surface area contributed by atoms with Crippen molar-refractivity contribution in [3.63, 3.8) is 0 Å². The van der Waals surface area contributed by atoms with Crippen LogP contribution < -0.4 is 5.32 Å². The van der Waals surface area contributed by atoms with Crippen LogP contribution in [0.1, 0.15) is 12.8 Å². The van der Waals surface area contributed by atoms with Crippen molar-refractivity contribution in [1.82, 2.24) is 0 Å². The van der Waals surface area contributed by atoms with Gasteiger partial charge in [-0.25, -0.2) is 0 Å². The van der Waals surface area contributed by atoms with Crippen molar-refractivity contribution in [2.75, 3.05) is 5.32 Å². The highest BCUT2D eigenvalue weighted by molar-refractivity contribution is 6.33. The smallest absolute Gasteiger partial charge is 0.157 e. The summed E-state index contributed by atoms with van der Waals surface area (Å²) in [6.45, 7) is 0. The molecular weight excluding hydrogens is 198 g/mol. The molecule has 1 aromatic rings. The predicted octanol–water partition coefficient (Wildman–Crippen LogP) is 3.00. The van der Waals surface area contributed by atoms with E-state index in [1.54, 1.807) is 6.08 Å². The minimum absolute atomic E-state index is 0.180. The van der Waals surface area contributed by atoms with Gasteiger partial charge in [0.15, 0.2) is 5.78 Å². The lowest BCUT2D eigenvalue weighted by molar-refractivity contribution is -0.114. The van der Waals surface area contributed by atoms with Crippen LogP contribution in [-0.4, -0.2) is 5.78 Å². The number of carbonyl (C=O) groups is 1. The molecule has 0 amide bonds. The number of hydrogen-bond acceptors (Lipinski definition) is 2. The quantitative estimate of drug-likeness (QED) is 0.808. The van der Waals surface area contributed by atoms with Gasteiger partial charge in [0.2, 0.25) is 0 Å². The van der Waals surface area contributed by atoms with Gasteiger partial charge in [-0.1, -0.05) is 23.7 Å². The summed E-state index contributed by atoms with van der Waals surface area (Å²) in [5.41, 5.74) is 1.80. The van der Waals surface area contributed by atoms with Crippen molar-refractivity contribution >= 4 is 23.1 Å². The standard InChI is InChI=1S/C11H10ClNO/c12-10-3-1-2-4-11(10)13-8-5-6-9(14)7-8/h1-4,7,13H,5-6H2. The molecule has 0 aliphatic heterocycles. The van der Waals surface area contributed by atoms with Crippen molar-refractivity contribution < 1.29 is 4.79 Å². The maximum atomic E-state index is 11.0. The molecule has 0 atom stereocenters. The SMILES string of the molecule is O=C1C=C(Nc2ccccc2Cl)CC1. The fourth-order valence-electron chi connectivity index (χ4n) is 1.43. The summed E-state index contributed by atoms with van der Waals surface area (Å²) < 4.78 is 0. The molecular formula is C11H10ClNO. The highest BCUT2D eigenvalue weighted by atomic mass is 35.5. The lowest BCUT2D eigenvalue weighted by Crippen LogP contribution is -1.96. The first-order chi connectivity index (χ1) is 6.75. The minimum atomic E-state index is 0.180. The Bertz CT molecular complexity index is 398. The molecule has 0 heterocycles. The number of allylic oxidation sites excluding steroid dienone is 2. The van der Waals surface area contributed by atoms with Crippen LogP contribution in [0.5, 0.6) is 0 Å². The molecule has 0 saturated heterocycles. The molecule has 3 heteroatoms. The summed E-state index contributed by atoms with van der Waals surface area (Å²) in [5.74, 6) is 0.180. The number of carbonyl (C=O) groups excluding carboxylic acids is 1. The second-order valence-electron chi connectivity index (χ2n) is 3.24. The maximum Gasteiger partial charge on any atom is 0.157 e. The fourth-order valence-corrected chi connectivity index (χ4v) is 1.61. The van der Waals surface area contributed by atoms with Crippen LogP contribution >= 0.6 is 11.6 Å². The van der Waals surface area contributed by atoms with Gasteiger partial charge >= 0.3 is 0 Å². The highest BCUT2D eigenvalue weighted by Crippen LogP contribution is 2.24. The minimum Gasteiger partial charge on any atom is -0.358 e. The van der Waals surface area contributed by atoms with Crippen LogP contribution in [0.25, 0.3) is 0 Å². The Kier molecular flexibility index (Phi) is 2.55. The molecule has 0 spiro atoms. The Hall–Kier alpha value is -1.28. The second-order valence-corrected chi connectivity index (χ2v) is 3.65. The van der Waals surface area contributed by atoms with Gasteiger partial charge in [0.05, 0.1) is 10.7 Å². The number of rotatable bonds is 2. The third kappa shape index (κ3) is 1.96. The average Bonchev–Trinajstić information content (AvgIpc) is 2.56. The molecule has 2 nitrogen and oxygen atoms in total. The zero-order chi connectivity index (χ0) is 9.97. The number of hydrogen-bond donors (Lipinski definition) is 1. The van der Waals surface area contributed by atoms with E-state index in [4.69, 9.17) is 11.6 Å². The zero-order valence-corrected chi connectivity index (χ0v) is 8.34. The Morgan fingerprint density at radius 3 is 2.64 bits per heavy atom. The molecule has 0 fully saturated rings. The zero-order valence-electron chi connectivity index (χ0n) is 7.59. The van der Waals surface area contributed by atoms with Gasteiger partial charge in [-0.2, -0.15) is 0 Å². The molecule has 1 aromatic carbocycles. The number of halogens is 1. The lowest BCUT2D eigenvalue weighted by Gasteiger charge is -2.07.